The van der Waals surface area contributed by atoms with E-state index in [4.69, 9.17) is 0 Å². The van der Waals surface area contributed by atoms with Gasteiger partial charge in [-0.25, -0.2) is 0 Å². The lowest BCUT2D eigenvalue weighted by Gasteiger charge is -2.11. The first-order valence-corrected chi connectivity index (χ1v) is 7.38. The Kier molecular flexibility index (Phi) is 5.36. The number of rotatable bonds is 5. The van der Waals surface area contributed by atoms with Gasteiger partial charge < -0.3 is 15.5 Å². The zero-order valence-corrected chi connectivity index (χ0v) is 13.6. The molecule has 0 radical (unpaired) electrons. The van der Waals surface area contributed by atoms with Gasteiger partial charge in [-0.2, -0.15) is 0 Å². The maximum absolute atomic E-state index is 11.9. The lowest BCUT2D eigenvalue weighted by molar-refractivity contribution is -0.114. The molecule has 0 aliphatic rings. The lowest BCUT2D eigenvalue weighted by atomic mass is 10.2. The van der Waals surface area contributed by atoms with Gasteiger partial charge in [-0.3, -0.25) is 9.59 Å². The molecule has 0 saturated heterocycles. The minimum atomic E-state index is -0.141. The zero-order chi connectivity index (χ0) is 16.8. The smallest absolute Gasteiger partial charge is 0.253 e. The third-order valence-electron chi connectivity index (χ3n) is 3.29. The minimum absolute atomic E-state index is 0.0657. The number of carbonyl (C=O) groups is 2. The van der Waals surface area contributed by atoms with E-state index in [-0.39, 0.29) is 18.4 Å². The Morgan fingerprint density at radius 3 is 2.30 bits per heavy atom. The average Bonchev–Trinajstić information content (AvgIpc) is 2.53. The zero-order valence-electron chi connectivity index (χ0n) is 13.6. The van der Waals surface area contributed by atoms with Crippen molar-refractivity contribution in [3.8, 4) is 0 Å². The molecule has 0 saturated carbocycles. The average molecular weight is 311 g/mol. The number of benzene rings is 2. The van der Waals surface area contributed by atoms with Crippen molar-refractivity contribution in [3.63, 3.8) is 0 Å². The van der Waals surface area contributed by atoms with E-state index in [0.717, 1.165) is 11.3 Å². The van der Waals surface area contributed by atoms with E-state index < -0.39 is 0 Å². The summed E-state index contributed by atoms with van der Waals surface area (Å²) in [6.45, 7) is 2.18. The molecule has 2 aromatic carbocycles. The van der Waals surface area contributed by atoms with Gasteiger partial charge in [0.1, 0.15) is 0 Å². The number of anilines is 2. The number of nitrogens with zero attached hydrogens (tertiary/aromatic N) is 1. The van der Waals surface area contributed by atoms with E-state index in [1.807, 2.05) is 31.2 Å². The van der Waals surface area contributed by atoms with Crippen LogP contribution in [0.4, 0.5) is 11.4 Å². The van der Waals surface area contributed by atoms with Crippen LogP contribution in [0, 0.1) is 6.92 Å². The Hall–Kier alpha value is -2.82. The first-order valence-electron chi connectivity index (χ1n) is 7.38. The van der Waals surface area contributed by atoms with E-state index in [9.17, 15) is 9.59 Å². The summed E-state index contributed by atoms with van der Waals surface area (Å²) >= 11 is 0. The SMILES string of the molecule is Cc1cccc(NCC(=O)Nc2ccc(C(=O)N(C)C)cc2)c1. The summed E-state index contributed by atoms with van der Waals surface area (Å²) in [7, 11) is 3.41. The lowest BCUT2D eigenvalue weighted by Crippen LogP contribution is -2.22. The summed E-state index contributed by atoms with van der Waals surface area (Å²) in [5.74, 6) is -0.206. The van der Waals surface area contributed by atoms with Gasteiger partial charge in [0.2, 0.25) is 5.91 Å². The molecule has 0 aromatic heterocycles. The first-order chi connectivity index (χ1) is 11.0. The minimum Gasteiger partial charge on any atom is -0.376 e. The molecule has 0 aliphatic heterocycles. The molecule has 0 spiro atoms. The van der Waals surface area contributed by atoms with Crippen LogP contribution in [0.5, 0.6) is 0 Å². The van der Waals surface area contributed by atoms with E-state index in [1.165, 1.54) is 4.90 Å². The van der Waals surface area contributed by atoms with Gasteiger partial charge >= 0.3 is 0 Å². The van der Waals surface area contributed by atoms with Crippen molar-refractivity contribution in [1.29, 1.82) is 0 Å². The number of aryl methyl sites for hydroxylation is 1. The highest BCUT2D eigenvalue weighted by Crippen LogP contribution is 2.12. The molecule has 0 heterocycles. The summed E-state index contributed by atoms with van der Waals surface area (Å²) in [5, 5.41) is 5.87. The molecule has 0 aliphatic carbocycles. The summed E-state index contributed by atoms with van der Waals surface area (Å²) in [6.07, 6.45) is 0. The van der Waals surface area contributed by atoms with Gasteiger partial charge in [0.15, 0.2) is 0 Å². The predicted octanol–water partition coefficient (Wildman–Crippen LogP) is 2.75. The van der Waals surface area contributed by atoms with Crippen molar-refractivity contribution in [2.45, 2.75) is 6.92 Å². The van der Waals surface area contributed by atoms with Gasteiger partial charge in [0, 0.05) is 31.0 Å². The molecule has 120 valence electrons. The molecule has 23 heavy (non-hydrogen) atoms. The van der Waals surface area contributed by atoms with Crippen LogP contribution in [0.3, 0.4) is 0 Å². The van der Waals surface area contributed by atoms with Gasteiger partial charge in [-0.1, -0.05) is 12.1 Å². The van der Waals surface area contributed by atoms with Crippen molar-refractivity contribution in [3.05, 3.63) is 59.7 Å². The molecular formula is C18H21N3O2. The maximum atomic E-state index is 11.9. The molecular weight excluding hydrogens is 290 g/mol. The Morgan fingerprint density at radius 1 is 1.00 bits per heavy atom. The highest BCUT2D eigenvalue weighted by atomic mass is 16.2. The number of carbonyl (C=O) groups excluding carboxylic acids is 2. The Balaban J connectivity index is 1.89. The van der Waals surface area contributed by atoms with Crippen molar-refractivity contribution in [2.24, 2.45) is 0 Å². The Morgan fingerprint density at radius 2 is 1.70 bits per heavy atom. The Labute approximate surface area is 136 Å². The fourth-order valence-corrected chi connectivity index (χ4v) is 2.10. The quantitative estimate of drug-likeness (QED) is 0.892. The van der Waals surface area contributed by atoms with Gasteiger partial charge in [0.05, 0.1) is 6.54 Å². The summed E-state index contributed by atoms with van der Waals surface area (Å²) in [6, 6.07) is 14.7. The highest BCUT2D eigenvalue weighted by molar-refractivity contribution is 5.96. The van der Waals surface area contributed by atoms with Crippen LogP contribution in [-0.4, -0.2) is 37.4 Å². The van der Waals surface area contributed by atoms with E-state index in [0.29, 0.717) is 11.3 Å². The van der Waals surface area contributed by atoms with Gasteiger partial charge in [0.25, 0.3) is 5.91 Å². The molecule has 5 heteroatoms. The number of nitrogens with one attached hydrogen (secondary N) is 2. The fraction of sp³-hybridized carbons (Fsp3) is 0.222. The molecule has 5 nitrogen and oxygen atoms in total. The first kappa shape index (κ1) is 16.5. The third-order valence-corrected chi connectivity index (χ3v) is 3.29. The van der Waals surface area contributed by atoms with Crippen molar-refractivity contribution in [1.82, 2.24) is 4.90 Å². The van der Waals surface area contributed by atoms with Crippen LogP contribution in [-0.2, 0) is 4.79 Å². The van der Waals surface area contributed by atoms with Crippen LogP contribution in [0.25, 0.3) is 0 Å². The number of hydrogen-bond acceptors (Lipinski definition) is 3. The van der Waals surface area contributed by atoms with E-state index in [2.05, 4.69) is 10.6 Å². The molecule has 2 rings (SSSR count). The van der Waals surface area contributed by atoms with E-state index in [1.54, 1.807) is 38.4 Å². The normalized spacial score (nSPS) is 10.0. The van der Waals surface area contributed by atoms with Gasteiger partial charge in [-0.15, -0.1) is 0 Å². The maximum Gasteiger partial charge on any atom is 0.253 e. The molecule has 2 N–H and O–H groups in total. The number of hydrogen-bond donors (Lipinski definition) is 2. The third kappa shape index (κ3) is 4.85. The highest BCUT2D eigenvalue weighted by Gasteiger charge is 2.08. The molecule has 0 atom stereocenters. The van der Waals surface area contributed by atoms with Crippen molar-refractivity contribution >= 4 is 23.2 Å². The summed E-state index contributed by atoms with van der Waals surface area (Å²) < 4.78 is 0. The fourth-order valence-electron chi connectivity index (χ4n) is 2.10. The predicted molar refractivity (Wildman–Crippen MR) is 92.8 cm³/mol. The monoisotopic (exact) mass is 311 g/mol. The molecule has 0 unspecified atom stereocenters. The second-order valence-corrected chi connectivity index (χ2v) is 5.55. The van der Waals surface area contributed by atoms with Gasteiger partial charge in [-0.05, 0) is 48.9 Å². The van der Waals surface area contributed by atoms with E-state index >= 15 is 0 Å². The summed E-state index contributed by atoms with van der Waals surface area (Å²) in [4.78, 5) is 25.3. The van der Waals surface area contributed by atoms with Crippen molar-refractivity contribution in [2.75, 3.05) is 31.3 Å². The molecule has 0 fully saturated rings. The molecule has 2 aromatic rings. The van der Waals surface area contributed by atoms with Crippen LogP contribution in [0.1, 0.15) is 15.9 Å². The van der Waals surface area contributed by atoms with Crippen molar-refractivity contribution < 1.29 is 9.59 Å². The number of amides is 2. The van der Waals surface area contributed by atoms with Crippen LogP contribution < -0.4 is 10.6 Å². The standard InChI is InChI=1S/C18H21N3O2/c1-13-5-4-6-16(11-13)19-12-17(22)20-15-9-7-14(8-10-15)18(23)21(2)3/h4-11,19H,12H2,1-3H3,(H,20,22). The van der Waals surface area contributed by atoms with Crippen LogP contribution in [0.15, 0.2) is 48.5 Å². The molecule has 0 bridgehead atoms. The topological polar surface area (TPSA) is 61.4 Å². The molecule has 2 amide bonds. The second kappa shape index (κ2) is 7.45. The Bertz CT molecular complexity index is 694. The van der Waals surface area contributed by atoms with Crippen LogP contribution >= 0.6 is 0 Å². The summed E-state index contributed by atoms with van der Waals surface area (Å²) in [5.41, 5.74) is 3.30. The van der Waals surface area contributed by atoms with Crippen LogP contribution in [0.2, 0.25) is 0 Å². The second-order valence-electron chi connectivity index (χ2n) is 5.55. The largest absolute Gasteiger partial charge is 0.376 e.